The normalized spacial score (nSPS) is 13.8. The van der Waals surface area contributed by atoms with Crippen LogP contribution in [0.1, 0.15) is 33.1 Å². The fourth-order valence-electron chi connectivity index (χ4n) is 2.16. The Morgan fingerprint density at radius 3 is 2.10 bits per heavy atom. The molecule has 0 radical (unpaired) electrons. The van der Waals surface area contributed by atoms with Crippen molar-refractivity contribution in [2.75, 3.05) is 18.6 Å². The van der Waals surface area contributed by atoms with E-state index in [2.05, 4.69) is 16.0 Å². The molecule has 0 aromatic rings. The Labute approximate surface area is 174 Å². The second-order valence-corrected chi connectivity index (χ2v) is 7.78. The number of amides is 4. The number of hydrogen-bond donors (Lipinski definition) is 6. The summed E-state index contributed by atoms with van der Waals surface area (Å²) in [6.45, 7) is 3.08. The van der Waals surface area contributed by atoms with E-state index in [1.165, 1.54) is 11.8 Å². The van der Waals surface area contributed by atoms with Gasteiger partial charge >= 0.3 is 5.97 Å². The number of primary amides is 1. The van der Waals surface area contributed by atoms with E-state index >= 15 is 0 Å². The lowest BCUT2D eigenvalue weighted by Gasteiger charge is -2.22. The van der Waals surface area contributed by atoms with E-state index in [0.717, 1.165) is 0 Å². The number of thioether (sulfide) groups is 1. The van der Waals surface area contributed by atoms with Gasteiger partial charge in [-0.15, -0.1) is 0 Å². The SMILES string of the molecule is CSCCC(NC(=O)C(N)C(C)C)C(=O)NCC(=O)NC(CCC(N)=O)C(=O)O. The Kier molecular flexibility index (Phi) is 12.7. The summed E-state index contributed by atoms with van der Waals surface area (Å²) in [5.41, 5.74) is 10.8. The quantitative estimate of drug-likeness (QED) is 0.184. The average molecular weight is 434 g/mol. The topological polar surface area (TPSA) is 194 Å². The van der Waals surface area contributed by atoms with Crippen molar-refractivity contribution in [1.29, 1.82) is 0 Å². The van der Waals surface area contributed by atoms with E-state index in [1.54, 1.807) is 13.8 Å². The summed E-state index contributed by atoms with van der Waals surface area (Å²) < 4.78 is 0. The van der Waals surface area contributed by atoms with Crippen molar-refractivity contribution in [1.82, 2.24) is 16.0 Å². The van der Waals surface area contributed by atoms with Crippen LogP contribution in [0.2, 0.25) is 0 Å². The molecule has 0 heterocycles. The van der Waals surface area contributed by atoms with Crippen LogP contribution in [0.25, 0.3) is 0 Å². The number of carbonyl (C=O) groups is 5. The molecule has 0 aliphatic rings. The van der Waals surface area contributed by atoms with Crippen molar-refractivity contribution in [3.8, 4) is 0 Å². The molecule has 0 bridgehead atoms. The molecule has 0 rings (SSSR count). The Balaban J connectivity index is 4.78. The Morgan fingerprint density at radius 1 is 1.00 bits per heavy atom. The maximum Gasteiger partial charge on any atom is 0.326 e. The van der Waals surface area contributed by atoms with E-state index in [4.69, 9.17) is 16.6 Å². The van der Waals surface area contributed by atoms with Crippen molar-refractivity contribution in [2.45, 2.75) is 51.2 Å². The molecule has 0 aliphatic carbocycles. The van der Waals surface area contributed by atoms with Gasteiger partial charge in [-0.3, -0.25) is 19.2 Å². The van der Waals surface area contributed by atoms with E-state index in [9.17, 15) is 24.0 Å². The van der Waals surface area contributed by atoms with E-state index in [0.29, 0.717) is 12.2 Å². The highest BCUT2D eigenvalue weighted by Gasteiger charge is 2.26. The Bertz CT molecular complexity index is 601. The van der Waals surface area contributed by atoms with Crippen LogP contribution in [0.5, 0.6) is 0 Å². The highest BCUT2D eigenvalue weighted by atomic mass is 32.2. The number of aliphatic carboxylic acids is 1. The van der Waals surface area contributed by atoms with Crippen molar-refractivity contribution in [3.63, 3.8) is 0 Å². The van der Waals surface area contributed by atoms with Gasteiger partial charge in [0, 0.05) is 6.42 Å². The van der Waals surface area contributed by atoms with E-state index in [1.807, 2.05) is 6.26 Å². The molecule has 12 heteroatoms. The fraction of sp³-hybridized carbons (Fsp3) is 0.706. The number of nitrogens with two attached hydrogens (primary N) is 2. The smallest absolute Gasteiger partial charge is 0.326 e. The van der Waals surface area contributed by atoms with Gasteiger partial charge in [0.15, 0.2) is 0 Å². The van der Waals surface area contributed by atoms with Crippen molar-refractivity contribution >= 4 is 41.4 Å². The minimum Gasteiger partial charge on any atom is -0.480 e. The Morgan fingerprint density at radius 2 is 1.62 bits per heavy atom. The minimum absolute atomic E-state index is 0.113. The van der Waals surface area contributed by atoms with Gasteiger partial charge in [0.1, 0.15) is 12.1 Å². The van der Waals surface area contributed by atoms with Crippen LogP contribution in [0, 0.1) is 5.92 Å². The summed E-state index contributed by atoms with van der Waals surface area (Å²) in [4.78, 5) is 58.4. The molecule has 0 aromatic carbocycles. The van der Waals surface area contributed by atoms with Crippen LogP contribution in [-0.4, -0.2) is 71.4 Å². The molecule has 3 unspecified atom stereocenters. The van der Waals surface area contributed by atoms with Crippen LogP contribution in [0.3, 0.4) is 0 Å². The molecule has 166 valence electrons. The third-order valence-electron chi connectivity index (χ3n) is 4.00. The number of carbonyl (C=O) groups excluding carboxylic acids is 4. The molecular formula is C17H31N5O6S. The van der Waals surface area contributed by atoms with E-state index < -0.39 is 54.3 Å². The molecule has 4 amide bonds. The first-order valence-corrected chi connectivity index (χ1v) is 10.5. The second kappa shape index (κ2) is 13.8. The van der Waals surface area contributed by atoms with Gasteiger partial charge in [0.25, 0.3) is 0 Å². The van der Waals surface area contributed by atoms with Gasteiger partial charge in [-0.25, -0.2) is 4.79 Å². The number of hydrogen-bond acceptors (Lipinski definition) is 7. The molecule has 0 saturated carbocycles. The Hall–Kier alpha value is -2.34. The predicted molar refractivity (Wildman–Crippen MR) is 109 cm³/mol. The zero-order valence-corrected chi connectivity index (χ0v) is 17.7. The summed E-state index contributed by atoms with van der Waals surface area (Å²) in [5.74, 6) is -3.33. The van der Waals surface area contributed by atoms with Gasteiger partial charge in [-0.1, -0.05) is 13.8 Å². The summed E-state index contributed by atoms with van der Waals surface area (Å²) in [5, 5.41) is 16.2. The van der Waals surface area contributed by atoms with Gasteiger partial charge in [-0.2, -0.15) is 11.8 Å². The first-order chi connectivity index (χ1) is 13.5. The lowest BCUT2D eigenvalue weighted by molar-refractivity contribution is -0.142. The molecule has 0 aliphatic heterocycles. The third-order valence-corrected chi connectivity index (χ3v) is 4.64. The summed E-state index contributed by atoms with van der Waals surface area (Å²) in [7, 11) is 0. The monoisotopic (exact) mass is 433 g/mol. The third kappa shape index (κ3) is 11.3. The fourth-order valence-corrected chi connectivity index (χ4v) is 2.63. The standard InChI is InChI=1S/C17H31N5O6S/c1-9(2)14(19)16(26)22-10(6-7-29-3)15(25)20-8-13(24)21-11(17(27)28)4-5-12(18)23/h9-11,14H,4-8,19H2,1-3H3,(H2,18,23)(H,20,25)(H,21,24)(H,22,26)(H,27,28). The van der Waals surface area contributed by atoms with Crippen LogP contribution >= 0.6 is 11.8 Å². The molecule has 3 atom stereocenters. The molecule has 0 saturated heterocycles. The van der Waals surface area contributed by atoms with Crippen molar-refractivity contribution in [2.24, 2.45) is 17.4 Å². The molecule has 0 aromatic heterocycles. The predicted octanol–water partition coefficient (Wildman–Crippen LogP) is -1.84. The van der Waals surface area contributed by atoms with Gasteiger partial charge in [0.05, 0.1) is 12.6 Å². The molecule has 11 nitrogen and oxygen atoms in total. The van der Waals surface area contributed by atoms with Crippen LogP contribution < -0.4 is 27.4 Å². The summed E-state index contributed by atoms with van der Waals surface area (Å²) in [6.07, 6.45) is 1.82. The number of carboxylic acid groups (broad SMARTS) is 1. The van der Waals surface area contributed by atoms with Gasteiger partial charge in [0.2, 0.25) is 23.6 Å². The summed E-state index contributed by atoms with van der Waals surface area (Å²) >= 11 is 1.49. The first kappa shape index (κ1) is 26.7. The molecule has 0 fully saturated rings. The number of carboxylic acids is 1. The molecule has 29 heavy (non-hydrogen) atoms. The largest absolute Gasteiger partial charge is 0.480 e. The van der Waals surface area contributed by atoms with Gasteiger partial charge < -0.3 is 32.5 Å². The van der Waals surface area contributed by atoms with Crippen LogP contribution in [-0.2, 0) is 24.0 Å². The first-order valence-electron chi connectivity index (χ1n) is 9.12. The highest BCUT2D eigenvalue weighted by Crippen LogP contribution is 2.04. The molecule has 8 N–H and O–H groups in total. The second-order valence-electron chi connectivity index (χ2n) is 6.79. The van der Waals surface area contributed by atoms with Crippen molar-refractivity contribution < 1.29 is 29.1 Å². The highest BCUT2D eigenvalue weighted by molar-refractivity contribution is 7.98. The van der Waals surface area contributed by atoms with E-state index in [-0.39, 0.29) is 18.8 Å². The molecular weight excluding hydrogens is 402 g/mol. The zero-order valence-electron chi connectivity index (χ0n) is 16.9. The number of rotatable bonds is 14. The lowest BCUT2D eigenvalue weighted by Crippen LogP contribution is -2.54. The van der Waals surface area contributed by atoms with Gasteiger partial charge in [-0.05, 0) is 30.8 Å². The van der Waals surface area contributed by atoms with Crippen LogP contribution in [0.15, 0.2) is 0 Å². The average Bonchev–Trinajstić information content (AvgIpc) is 2.64. The zero-order chi connectivity index (χ0) is 22.6. The maximum atomic E-state index is 12.4. The van der Waals surface area contributed by atoms with Crippen molar-refractivity contribution in [3.05, 3.63) is 0 Å². The summed E-state index contributed by atoms with van der Waals surface area (Å²) in [6, 6.07) is -2.95. The minimum atomic E-state index is -1.32. The molecule has 0 spiro atoms. The number of nitrogens with one attached hydrogen (secondary N) is 3. The lowest BCUT2D eigenvalue weighted by atomic mass is 10.0. The van der Waals surface area contributed by atoms with Crippen LogP contribution in [0.4, 0.5) is 0 Å². The maximum absolute atomic E-state index is 12.4.